The van der Waals surface area contributed by atoms with Gasteiger partial charge in [-0.2, -0.15) is 0 Å². The molecule has 1 rings (SSSR count). The summed E-state index contributed by atoms with van der Waals surface area (Å²) in [6, 6.07) is 4.00. The third-order valence-corrected chi connectivity index (χ3v) is 1.99. The summed E-state index contributed by atoms with van der Waals surface area (Å²) in [6.45, 7) is 3.45. The van der Waals surface area contributed by atoms with Crippen LogP contribution in [0, 0.1) is 5.92 Å². The lowest BCUT2D eigenvalue weighted by Crippen LogP contribution is -3.00. The van der Waals surface area contributed by atoms with Crippen molar-refractivity contribution in [2.45, 2.75) is 13.3 Å². The molecule has 1 unspecified atom stereocenters. The molecule has 1 atom stereocenters. The van der Waals surface area contributed by atoms with E-state index in [9.17, 15) is 0 Å². The Hall–Kier alpha value is -0.0300. The van der Waals surface area contributed by atoms with Crippen molar-refractivity contribution >= 4 is 0 Å². The maximum Gasteiger partial charge on any atom is 0.104 e. The van der Waals surface area contributed by atoms with Crippen molar-refractivity contribution in [3.63, 3.8) is 0 Å². The van der Waals surface area contributed by atoms with Gasteiger partial charge in [-0.05, 0) is 12.1 Å². The number of hydrogen-bond acceptors (Lipinski definition) is 1. The van der Waals surface area contributed by atoms with Crippen molar-refractivity contribution in [1.29, 1.82) is 0 Å². The van der Waals surface area contributed by atoms with Crippen LogP contribution < -0.4 is 24.0 Å². The Morgan fingerprint density at radius 1 is 1.36 bits per heavy atom. The van der Waals surface area contributed by atoms with Crippen LogP contribution in [-0.2, 0) is 6.42 Å². The van der Waals surface area contributed by atoms with E-state index in [1.807, 2.05) is 12.1 Å². The van der Waals surface area contributed by atoms with Crippen LogP contribution in [0.15, 0.2) is 22.8 Å². The van der Waals surface area contributed by atoms with E-state index in [0.29, 0.717) is 5.92 Å². The normalized spacial score (nSPS) is 13.4. The molecule has 0 saturated heterocycles. The van der Waals surface area contributed by atoms with Gasteiger partial charge in [0.15, 0.2) is 0 Å². The van der Waals surface area contributed by atoms with E-state index in [-0.39, 0.29) is 24.0 Å². The molecule has 0 spiro atoms. The average molecular weight is 309 g/mol. The fourth-order valence-corrected chi connectivity index (χ4v) is 1.77. The largest absolute Gasteiger partial charge is 1.00 e. The first kappa shape index (κ1) is 14.0. The van der Waals surface area contributed by atoms with Gasteiger partial charge in [0.1, 0.15) is 5.76 Å². The first-order valence-corrected chi connectivity index (χ1v) is 4.80. The SMILES string of the molecule is CC(Cc1ccco1)C[N+](C)(C)C.[I-]. The molecular weight excluding hydrogens is 289 g/mol. The third-order valence-electron chi connectivity index (χ3n) is 1.99. The highest BCUT2D eigenvalue weighted by Gasteiger charge is 2.14. The molecule has 0 amide bonds. The van der Waals surface area contributed by atoms with Gasteiger partial charge in [0.05, 0.1) is 34.0 Å². The number of hydrogen-bond donors (Lipinski definition) is 0. The Bertz CT molecular complexity index is 238. The molecule has 0 aliphatic heterocycles. The van der Waals surface area contributed by atoms with E-state index < -0.39 is 0 Å². The highest BCUT2D eigenvalue weighted by atomic mass is 127. The second-order valence-corrected chi connectivity index (χ2v) is 4.86. The van der Waals surface area contributed by atoms with Crippen molar-refractivity contribution < 1.29 is 32.9 Å². The van der Waals surface area contributed by atoms with Gasteiger partial charge in [-0.15, -0.1) is 0 Å². The zero-order chi connectivity index (χ0) is 9.90. The molecule has 0 bridgehead atoms. The molecule has 0 N–H and O–H groups in total. The minimum absolute atomic E-state index is 0. The minimum Gasteiger partial charge on any atom is -1.00 e. The molecule has 2 nitrogen and oxygen atoms in total. The zero-order valence-electron chi connectivity index (χ0n) is 9.46. The molecule has 0 aliphatic carbocycles. The van der Waals surface area contributed by atoms with Gasteiger partial charge in [-0.1, -0.05) is 6.92 Å². The molecule has 3 heteroatoms. The van der Waals surface area contributed by atoms with Gasteiger partial charge in [0.25, 0.3) is 0 Å². The number of nitrogens with zero attached hydrogens (tertiary/aromatic N) is 1. The summed E-state index contributed by atoms with van der Waals surface area (Å²) in [7, 11) is 6.66. The van der Waals surface area contributed by atoms with E-state index in [2.05, 4.69) is 28.1 Å². The summed E-state index contributed by atoms with van der Waals surface area (Å²) < 4.78 is 6.33. The average Bonchev–Trinajstić information content (AvgIpc) is 2.34. The van der Waals surface area contributed by atoms with Crippen molar-refractivity contribution in [1.82, 2.24) is 0 Å². The third kappa shape index (κ3) is 5.65. The lowest BCUT2D eigenvalue weighted by Gasteiger charge is -2.27. The minimum atomic E-state index is 0. The fraction of sp³-hybridized carbons (Fsp3) is 0.636. The molecule has 1 heterocycles. The monoisotopic (exact) mass is 309 g/mol. The van der Waals surface area contributed by atoms with E-state index in [1.54, 1.807) is 6.26 Å². The van der Waals surface area contributed by atoms with Crippen molar-refractivity contribution in [3.05, 3.63) is 24.2 Å². The number of halogens is 1. The van der Waals surface area contributed by atoms with E-state index >= 15 is 0 Å². The van der Waals surface area contributed by atoms with Crippen LogP contribution in [0.2, 0.25) is 0 Å². The predicted octanol–water partition coefficient (Wildman–Crippen LogP) is -0.832. The molecular formula is C11H20INO. The van der Waals surface area contributed by atoms with Crippen LogP contribution >= 0.6 is 0 Å². The molecule has 1 aromatic rings. The Morgan fingerprint density at radius 3 is 2.43 bits per heavy atom. The molecule has 0 fully saturated rings. The standard InChI is InChI=1S/C11H20NO.HI/c1-10(9-12(2,3)4)8-11-6-5-7-13-11;/h5-7,10H,8-9H2,1-4H3;1H/q+1;/p-1. The van der Waals surface area contributed by atoms with Gasteiger partial charge in [-0.25, -0.2) is 0 Å². The summed E-state index contributed by atoms with van der Waals surface area (Å²) >= 11 is 0. The van der Waals surface area contributed by atoms with Gasteiger partial charge in [-0.3, -0.25) is 0 Å². The second-order valence-electron chi connectivity index (χ2n) is 4.86. The lowest BCUT2D eigenvalue weighted by molar-refractivity contribution is -0.873. The van der Waals surface area contributed by atoms with Gasteiger partial charge >= 0.3 is 0 Å². The van der Waals surface area contributed by atoms with Crippen LogP contribution in [0.1, 0.15) is 12.7 Å². The molecule has 82 valence electrons. The second kappa shape index (κ2) is 5.75. The molecule has 0 radical (unpaired) electrons. The lowest BCUT2D eigenvalue weighted by atomic mass is 10.1. The highest BCUT2D eigenvalue weighted by Crippen LogP contribution is 2.11. The molecule has 1 aromatic heterocycles. The topological polar surface area (TPSA) is 13.1 Å². The van der Waals surface area contributed by atoms with Crippen molar-refractivity contribution in [2.24, 2.45) is 5.92 Å². The van der Waals surface area contributed by atoms with E-state index in [4.69, 9.17) is 4.42 Å². The van der Waals surface area contributed by atoms with E-state index in [0.717, 1.165) is 16.7 Å². The number of furan rings is 1. The molecule has 0 saturated carbocycles. The predicted molar refractivity (Wildman–Crippen MR) is 54.5 cm³/mol. The van der Waals surface area contributed by atoms with Crippen LogP contribution in [-0.4, -0.2) is 32.2 Å². The molecule has 0 aliphatic rings. The summed E-state index contributed by atoms with van der Waals surface area (Å²) in [6.07, 6.45) is 2.79. The summed E-state index contributed by atoms with van der Waals surface area (Å²) in [5.74, 6) is 1.77. The van der Waals surface area contributed by atoms with Crippen LogP contribution in [0.4, 0.5) is 0 Å². The Balaban J connectivity index is 0.00000169. The smallest absolute Gasteiger partial charge is 0.104 e. The van der Waals surface area contributed by atoms with Crippen molar-refractivity contribution in [3.8, 4) is 0 Å². The first-order chi connectivity index (χ1) is 5.97. The Kier molecular flexibility index (Phi) is 5.74. The molecule has 0 aromatic carbocycles. The first-order valence-electron chi connectivity index (χ1n) is 4.80. The fourth-order valence-electron chi connectivity index (χ4n) is 1.77. The molecule has 14 heavy (non-hydrogen) atoms. The van der Waals surface area contributed by atoms with Crippen LogP contribution in [0.25, 0.3) is 0 Å². The van der Waals surface area contributed by atoms with Gasteiger partial charge < -0.3 is 32.9 Å². The van der Waals surface area contributed by atoms with Crippen LogP contribution in [0.3, 0.4) is 0 Å². The van der Waals surface area contributed by atoms with Crippen LogP contribution in [0.5, 0.6) is 0 Å². The van der Waals surface area contributed by atoms with E-state index in [1.165, 1.54) is 6.54 Å². The summed E-state index contributed by atoms with van der Waals surface area (Å²) in [5.41, 5.74) is 0. The van der Waals surface area contributed by atoms with Gasteiger partial charge in [0, 0.05) is 12.3 Å². The summed E-state index contributed by atoms with van der Waals surface area (Å²) in [4.78, 5) is 0. The van der Waals surface area contributed by atoms with Crippen molar-refractivity contribution in [2.75, 3.05) is 27.7 Å². The Labute approximate surface area is 104 Å². The zero-order valence-corrected chi connectivity index (χ0v) is 11.6. The maximum atomic E-state index is 5.31. The maximum absolute atomic E-state index is 5.31. The number of rotatable bonds is 4. The van der Waals surface area contributed by atoms with Gasteiger partial charge in [0.2, 0.25) is 0 Å². The quantitative estimate of drug-likeness (QED) is 0.523. The number of quaternary nitrogens is 1. The Morgan fingerprint density at radius 2 is 2.00 bits per heavy atom. The summed E-state index contributed by atoms with van der Waals surface area (Å²) in [5, 5.41) is 0. The highest BCUT2D eigenvalue weighted by molar-refractivity contribution is 4.98.